The van der Waals surface area contributed by atoms with Crippen LogP contribution in [0.4, 0.5) is 0 Å². The lowest BCUT2D eigenvalue weighted by atomic mass is 10.1. The summed E-state index contributed by atoms with van der Waals surface area (Å²) in [6.45, 7) is 7.83. The lowest BCUT2D eigenvalue weighted by Gasteiger charge is -2.32. The third-order valence-electron chi connectivity index (χ3n) is 4.50. The maximum atomic E-state index is 6.12. The van der Waals surface area contributed by atoms with E-state index < -0.39 is 0 Å². The Hall–Kier alpha value is -0.440. The average molecular weight is 509 g/mol. The fourth-order valence-electron chi connectivity index (χ4n) is 3.06. The number of hydrogen-bond donors (Lipinski definition) is 2. The van der Waals surface area contributed by atoms with Gasteiger partial charge in [0.15, 0.2) is 5.96 Å². The van der Waals surface area contributed by atoms with E-state index in [1.807, 2.05) is 43.1 Å². The molecule has 0 aromatic heterocycles. The van der Waals surface area contributed by atoms with Gasteiger partial charge >= 0.3 is 0 Å². The standard InChI is InChI=1S/C19H29ClN4S.HI/c1-4-10-24-11-8-17(9-12-24)23-19(21-2)22-14-18(25-3)15-6-5-7-16(20)13-15;/h4-7,13,17-18H,1,8-12,14H2,2-3H3,(H2,21,22,23);1H. The molecule has 1 unspecified atom stereocenters. The molecule has 7 heteroatoms. The summed E-state index contributed by atoms with van der Waals surface area (Å²) in [6, 6.07) is 8.56. The lowest BCUT2D eigenvalue weighted by Crippen LogP contribution is -2.49. The van der Waals surface area contributed by atoms with Crippen LogP contribution < -0.4 is 10.6 Å². The van der Waals surface area contributed by atoms with E-state index in [1.165, 1.54) is 5.56 Å². The lowest BCUT2D eigenvalue weighted by molar-refractivity contribution is 0.225. The molecule has 0 aliphatic carbocycles. The number of guanidine groups is 1. The molecule has 1 saturated heterocycles. The first-order valence-electron chi connectivity index (χ1n) is 8.75. The number of halogens is 2. The van der Waals surface area contributed by atoms with Crippen molar-refractivity contribution in [1.82, 2.24) is 15.5 Å². The van der Waals surface area contributed by atoms with Crippen molar-refractivity contribution in [3.8, 4) is 0 Å². The first kappa shape index (κ1) is 23.6. The van der Waals surface area contributed by atoms with Crippen molar-refractivity contribution >= 4 is 53.3 Å². The number of nitrogens with zero attached hydrogens (tertiary/aromatic N) is 2. The maximum absolute atomic E-state index is 6.12. The van der Waals surface area contributed by atoms with Gasteiger partial charge in [-0.1, -0.05) is 29.8 Å². The molecule has 0 bridgehead atoms. The van der Waals surface area contributed by atoms with Gasteiger partial charge in [0.1, 0.15) is 0 Å². The van der Waals surface area contributed by atoms with Gasteiger partial charge in [0.25, 0.3) is 0 Å². The zero-order chi connectivity index (χ0) is 18.1. The molecule has 146 valence electrons. The summed E-state index contributed by atoms with van der Waals surface area (Å²) in [7, 11) is 1.83. The number of nitrogens with one attached hydrogen (secondary N) is 2. The van der Waals surface area contributed by atoms with Crippen LogP contribution in [0.1, 0.15) is 23.7 Å². The van der Waals surface area contributed by atoms with E-state index in [-0.39, 0.29) is 24.0 Å². The van der Waals surface area contributed by atoms with Gasteiger partial charge in [-0.3, -0.25) is 9.89 Å². The van der Waals surface area contributed by atoms with Crippen LogP contribution in [0.3, 0.4) is 0 Å². The second kappa shape index (κ2) is 12.9. The summed E-state index contributed by atoms with van der Waals surface area (Å²) in [6.07, 6.45) is 6.37. The summed E-state index contributed by atoms with van der Waals surface area (Å²) in [5.74, 6) is 0.878. The van der Waals surface area contributed by atoms with E-state index in [2.05, 4.69) is 39.4 Å². The Morgan fingerprint density at radius 1 is 1.46 bits per heavy atom. The average Bonchev–Trinajstić information content (AvgIpc) is 2.63. The Balaban J connectivity index is 0.00000338. The summed E-state index contributed by atoms with van der Waals surface area (Å²) in [5.41, 5.74) is 1.24. The van der Waals surface area contributed by atoms with Crippen molar-refractivity contribution in [2.24, 2.45) is 4.99 Å². The van der Waals surface area contributed by atoms with Crippen molar-refractivity contribution < 1.29 is 0 Å². The summed E-state index contributed by atoms with van der Waals surface area (Å²) >= 11 is 7.94. The first-order chi connectivity index (χ1) is 12.2. The van der Waals surface area contributed by atoms with E-state index in [0.29, 0.717) is 11.3 Å². The summed E-state index contributed by atoms with van der Waals surface area (Å²) in [4.78, 5) is 6.82. The van der Waals surface area contributed by atoms with Gasteiger partial charge in [0.05, 0.1) is 0 Å². The number of thioether (sulfide) groups is 1. The van der Waals surface area contributed by atoms with E-state index in [1.54, 1.807) is 0 Å². The van der Waals surface area contributed by atoms with Gasteiger partial charge in [-0.2, -0.15) is 11.8 Å². The zero-order valence-electron chi connectivity index (χ0n) is 15.6. The largest absolute Gasteiger partial charge is 0.355 e. The Kier molecular flexibility index (Phi) is 11.7. The Morgan fingerprint density at radius 3 is 2.77 bits per heavy atom. The Morgan fingerprint density at radius 2 is 2.19 bits per heavy atom. The van der Waals surface area contributed by atoms with Gasteiger partial charge in [-0.05, 0) is 36.8 Å². The smallest absolute Gasteiger partial charge is 0.191 e. The van der Waals surface area contributed by atoms with E-state index >= 15 is 0 Å². The Labute approximate surface area is 184 Å². The number of likely N-dealkylation sites (tertiary alicyclic amines) is 1. The van der Waals surface area contributed by atoms with Gasteiger partial charge in [-0.25, -0.2) is 0 Å². The topological polar surface area (TPSA) is 39.7 Å². The molecule has 1 aromatic carbocycles. The van der Waals surface area contributed by atoms with E-state index in [4.69, 9.17) is 11.6 Å². The molecule has 1 atom stereocenters. The quantitative estimate of drug-likeness (QED) is 0.251. The van der Waals surface area contributed by atoms with Crippen LogP contribution in [0.15, 0.2) is 41.9 Å². The molecule has 1 aromatic rings. The Bertz CT molecular complexity index is 576. The predicted octanol–water partition coefficient (Wildman–Crippen LogP) is 4.18. The molecule has 0 spiro atoms. The van der Waals surface area contributed by atoms with Crippen molar-refractivity contribution in [3.05, 3.63) is 47.5 Å². The predicted molar refractivity (Wildman–Crippen MR) is 127 cm³/mol. The summed E-state index contributed by atoms with van der Waals surface area (Å²) < 4.78 is 0. The van der Waals surface area contributed by atoms with Gasteiger partial charge in [0, 0.05) is 49.5 Å². The number of rotatable bonds is 7. The highest BCUT2D eigenvalue weighted by Gasteiger charge is 2.19. The van der Waals surface area contributed by atoms with Crippen LogP contribution in [0, 0.1) is 0 Å². The zero-order valence-corrected chi connectivity index (χ0v) is 19.5. The first-order valence-corrected chi connectivity index (χ1v) is 10.4. The number of benzene rings is 1. The molecule has 1 fully saturated rings. The highest BCUT2D eigenvalue weighted by molar-refractivity contribution is 14.0. The molecule has 2 rings (SSSR count). The normalized spacial score (nSPS) is 17.3. The highest BCUT2D eigenvalue weighted by Crippen LogP contribution is 2.27. The van der Waals surface area contributed by atoms with Crippen LogP contribution in [0.25, 0.3) is 0 Å². The number of piperidine rings is 1. The van der Waals surface area contributed by atoms with Gasteiger partial charge in [0.2, 0.25) is 0 Å². The van der Waals surface area contributed by atoms with Crippen LogP contribution in [-0.4, -0.2) is 56.4 Å². The highest BCUT2D eigenvalue weighted by atomic mass is 127. The minimum absolute atomic E-state index is 0. The third-order valence-corrected chi connectivity index (χ3v) is 5.74. The van der Waals surface area contributed by atoms with Crippen molar-refractivity contribution in [2.75, 3.05) is 39.5 Å². The van der Waals surface area contributed by atoms with E-state index in [9.17, 15) is 0 Å². The second-order valence-electron chi connectivity index (χ2n) is 6.24. The fourth-order valence-corrected chi connectivity index (χ4v) is 3.93. The van der Waals surface area contributed by atoms with Gasteiger partial charge in [-0.15, -0.1) is 30.6 Å². The molecule has 4 nitrogen and oxygen atoms in total. The van der Waals surface area contributed by atoms with Crippen LogP contribution >= 0.6 is 47.3 Å². The molecular formula is C19H30ClIN4S. The van der Waals surface area contributed by atoms with Crippen LogP contribution in [0.5, 0.6) is 0 Å². The van der Waals surface area contributed by atoms with Crippen molar-refractivity contribution in [1.29, 1.82) is 0 Å². The molecule has 26 heavy (non-hydrogen) atoms. The molecule has 1 heterocycles. The van der Waals surface area contributed by atoms with Crippen molar-refractivity contribution in [2.45, 2.75) is 24.1 Å². The molecule has 1 aliphatic rings. The fraction of sp³-hybridized carbons (Fsp3) is 0.526. The number of aliphatic imine (C=N–C) groups is 1. The minimum atomic E-state index is 0. The number of hydrogen-bond acceptors (Lipinski definition) is 3. The molecular weight excluding hydrogens is 479 g/mol. The van der Waals surface area contributed by atoms with Gasteiger partial charge < -0.3 is 10.6 Å². The monoisotopic (exact) mass is 508 g/mol. The molecule has 2 N–H and O–H groups in total. The minimum Gasteiger partial charge on any atom is -0.355 e. The van der Waals surface area contributed by atoms with Crippen molar-refractivity contribution in [3.63, 3.8) is 0 Å². The second-order valence-corrected chi connectivity index (χ2v) is 7.72. The van der Waals surface area contributed by atoms with E-state index in [0.717, 1.165) is 50.0 Å². The maximum Gasteiger partial charge on any atom is 0.191 e. The third kappa shape index (κ3) is 7.66. The molecule has 1 aliphatic heterocycles. The summed E-state index contributed by atoms with van der Waals surface area (Å²) in [5, 5.41) is 8.15. The van der Waals surface area contributed by atoms with Crippen LogP contribution in [-0.2, 0) is 0 Å². The SMILES string of the molecule is C=CCN1CCC(NC(=NC)NCC(SC)c2cccc(Cl)c2)CC1.I. The molecule has 0 saturated carbocycles. The van der Waals surface area contributed by atoms with Crippen LogP contribution in [0.2, 0.25) is 5.02 Å². The molecule has 0 radical (unpaired) electrons. The molecule has 0 amide bonds.